The van der Waals surface area contributed by atoms with Crippen molar-refractivity contribution in [2.24, 2.45) is 0 Å². The van der Waals surface area contributed by atoms with Crippen LogP contribution in [-0.4, -0.2) is 37.6 Å². The molecule has 0 radical (unpaired) electrons. The SMILES string of the molecule is CCOc1ccc(C(=O)c2cnc3ccc(OC)cc3c2N2CCCC2)cc1.Cl. The number of aromatic nitrogens is 1. The maximum absolute atomic E-state index is 13.4. The fourth-order valence-corrected chi connectivity index (χ4v) is 3.76. The van der Waals surface area contributed by atoms with E-state index in [9.17, 15) is 4.79 Å². The van der Waals surface area contributed by atoms with Crippen molar-refractivity contribution in [3.8, 4) is 11.5 Å². The third-order valence-electron chi connectivity index (χ3n) is 5.14. The summed E-state index contributed by atoms with van der Waals surface area (Å²) in [6.07, 6.45) is 3.97. The van der Waals surface area contributed by atoms with E-state index in [4.69, 9.17) is 9.47 Å². The first-order valence-electron chi connectivity index (χ1n) is 9.70. The van der Waals surface area contributed by atoms with Crippen molar-refractivity contribution >= 4 is 34.8 Å². The molecule has 0 amide bonds. The van der Waals surface area contributed by atoms with Crippen molar-refractivity contribution in [2.45, 2.75) is 19.8 Å². The molecule has 29 heavy (non-hydrogen) atoms. The zero-order valence-corrected chi connectivity index (χ0v) is 17.5. The van der Waals surface area contributed by atoms with E-state index >= 15 is 0 Å². The van der Waals surface area contributed by atoms with E-state index in [1.165, 1.54) is 0 Å². The van der Waals surface area contributed by atoms with Gasteiger partial charge in [0.05, 0.1) is 30.5 Å². The molecule has 0 N–H and O–H groups in total. The number of carbonyl (C=O) groups is 1. The third-order valence-corrected chi connectivity index (χ3v) is 5.14. The van der Waals surface area contributed by atoms with Gasteiger partial charge in [-0.2, -0.15) is 0 Å². The van der Waals surface area contributed by atoms with Crippen LogP contribution in [0.2, 0.25) is 0 Å². The zero-order chi connectivity index (χ0) is 19.5. The number of fused-ring (bicyclic) bond motifs is 1. The molecule has 1 fully saturated rings. The summed E-state index contributed by atoms with van der Waals surface area (Å²) in [7, 11) is 1.65. The number of nitrogens with zero attached hydrogens (tertiary/aromatic N) is 2. The van der Waals surface area contributed by atoms with Crippen LogP contribution in [0, 0.1) is 0 Å². The van der Waals surface area contributed by atoms with E-state index in [2.05, 4.69) is 9.88 Å². The number of ketones is 1. The monoisotopic (exact) mass is 412 g/mol. The minimum Gasteiger partial charge on any atom is -0.497 e. The van der Waals surface area contributed by atoms with Crippen molar-refractivity contribution in [3.05, 3.63) is 59.8 Å². The van der Waals surface area contributed by atoms with Gasteiger partial charge in [-0.15, -0.1) is 12.4 Å². The highest BCUT2D eigenvalue weighted by Gasteiger charge is 2.24. The van der Waals surface area contributed by atoms with Gasteiger partial charge in [0.15, 0.2) is 5.78 Å². The highest BCUT2D eigenvalue weighted by atomic mass is 35.5. The van der Waals surface area contributed by atoms with Crippen LogP contribution in [0.1, 0.15) is 35.7 Å². The van der Waals surface area contributed by atoms with Crippen LogP contribution in [0.5, 0.6) is 11.5 Å². The Morgan fingerprint density at radius 3 is 2.41 bits per heavy atom. The number of ether oxygens (including phenoxy) is 2. The Labute approximate surface area is 177 Å². The van der Waals surface area contributed by atoms with Gasteiger partial charge in [-0.25, -0.2) is 0 Å². The quantitative estimate of drug-likeness (QED) is 0.539. The largest absolute Gasteiger partial charge is 0.497 e. The van der Waals surface area contributed by atoms with Gasteiger partial charge in [0.2, 0.25) is 0 Å². The predicted molar refractivity (Wildman–Crippen MR) is 118 cm³/mol. The Morgan fingerprint density at radius 2 is 1.76 bits per heavy atom. The first kappa shape index (κ1) is 20.9. The summed E-state index contributed by atoms with van der Waals surface area (Å²) in [6.45, 7) is 4.43. The Bertz CT molecular complexity index is 999. The first-order valence-corrected chi connectivity index (χ1v) is 9.70. The standard InChI is InChI=1S/C23H24N2O3.ClH/c1-3-28-17-8-6-16(7-9-17)23(26)20-15-24-21-11-10-18(27-2)14-19(21)22(20)25-12-4-5-13-25;/h6-11,14-15H,3-5,12-13H2,1-2H3;1H. The molecule has 0 saturated carbocycles. The van der Waals surface area contributed by atoms with Crippen molar-refractivity contribution < 1.29 is 14.3 Å². The fourth-order valence-electron chi connectivity index (χ4n) is 3.76. The maximum Gasteiger partial charge on any atom is 0.196 e. The summed E-state index contributed by atoms with van der Waals surface area (Å²) in [6, 6.07) is 13.1. The molecular weight excluding hydrogens is 388 g/mol. The Kier molecular flexibility index (Phi) is 6.60. The van der Waals surface area contributed by atoms with Crippen LogP contribution in [0.25, 0.3) is 10.9 Å². The summed E-state index contributed by atoms with van der Waals surface area (Å²) in [5.74, 6) is 1.50. The van der Waals surface area contributed by atoms with E-state index in [0.717, 1.165) is 54.0 Å². The number of hydrogen-bond donors (Lipinski definition) is 0. The number of pyridine rings is 1. The van der Waals surface area contributed by atoms with Gasteiger partial charge >= 0.3 is 0 Å². The number of halogens is 1. The van der Waals surface area contributed by atoms with Crippen LogP contribution < -0.4 is 14.4 Å². The Hall–Kier alpha value is -2.79. The first-order chi connectivity index (χ1) is 13.7. The van der Waals surface area contributed by atoms with Gasteiger partial charge in [-0.05, 0) is 62.2 Å². The molecule has 4 rings (SSSR count). The lowest BCUT2D eigenvalue weighted by Crippen LogP contribution is -2.21. The topological polar surface area (TPSA) is 51.7 Å². The molecule has 1 aliphatic rings. The van der Waals surface area contributed by atoms with Crippen LogP contribution in [0.3, 0.4) is 0 Å². The summed E-state index contributed by atoms with van der Waals surface area (Å²) in [5, 5.41) is 0.957. The molecule has 3 aromatic rings. The molecule has 5 nitrogen and oxygen atoms in total. The molecule has 0 unspecified atom stereocenters. The molecule has 0 atom stereocenters. The van der Waals surface area contributed by atoms with E-state index in [1.54, 1.807) is 13.3 Å². The number of carbonyl (C=O) groups excluding carboxylic acids is 1. The number of anilines is 1. The number of methoxy groups -OCH3 is 1. The summed E-state index contributed by atoms with van der Waals surface area (Å²) < 4.78 is 10.9. The average Bonchev–Trinajstić information content (AvgIpc) is 3.27. The Balaban J connectivity index is 0.00000240. The molecule has 2 aromatic carbocycles. The van der Waals surface area contributed by atoms with Gasteiger partial charge in [0, 0.05) is 30.2 Å². The van der Waals surface area contributed by atoms with E-state index in [1.807, 2.05) is 49.4 Å². The molecule has 6 heteroatoms. The normalized spacial score (nSPS) is 13.2. The van der Waals surface area contributed by atoms with Crippen molar-refractivity contribution in [1.82, 2.24) is 4.98 Å². The van der Waals surface area contributed by atoms with E-state index in [-0.39, 0.29) is 18.2 Å². The molecule has 2 heterocycles. The molecule has 1 saturated heterocycles. The average molecular weight is 413 g/mol. The molecule has 1 aromatic heterocycles. The third kappa shape index (κ3) is 4.15. The van der Waals surface area contributed by atoms with Gasteiger partial charge in [-0.1, -0.05) is 0 Å². The second kappa shape index (κ2) is 9.14. The van der Waals surface area contributed by atoms with Crippen LogP contribution in [-0.2, 0) is 0 Å². The Morgan fingerprint density at radius 1 is 1.07 bits per heavy atom. The maximum atomic E-state index is 13.4. The molecule has 152 valence electrons. The zero-order valence-electron chi connectivity index (χ0n) is 16.7. The van der Waals surface area contributed by atoms with E-state index < -0.39 is 0 Å². The summed E-state index contributed by atoms with van der Waals surface area (Å²) in [5.41, 5.74) is 3.09. The molecule has 0 bridgehead atoms. The lowest BCUT2D eigenvalue weighted by Gasteiger charge is -2.23. The van der Waals surface area contributed by atoms with Gasteiger partial charge in [0.25, 0.3) is 0 Å². The summed E-state index contributed by atoms with van der Waals surface area (Å²) in [4.78, 5) is 20.2. The smallest absolute Gasteiger partial charge is 0.196 e. The van der Waals surface area contributed by atoms with Gasteiger partial charge in [0.1, 0.15) is 11.5 Å². The second-order valence-electron chi connectivity index (χ2n) is 6.88. The van der Waals surface area contributed by atoms with E-state index in [0.29, 0.717) is 17.7 Å². The van der Waals surface area contributed by atoms with Crippen molar-refractivity contribution in [3.63, 3.8) is 0 Å². The number of hydrogen-bond acceptors (Lipinski definition) is 5. The minimum absolute atomic E-state index is 0. The molecule has 0 spiro atoms. The lowest BCUT2D eigenvalue weighted by atomic mass is 9.99. The van der Waals surface area contributed by atoms with Crippen LogP contribution in [0.4, 0.5) is 5.69 Å². The number of rotatable bonds is 6. The lowest BCUT2D eigenvalue weighted by molar-refractivity contribution is 0.103. The predicted octanol–water partition coefficient (Wildman–Crippen LogP) is 4.90. The molecule has 1 aliphatic heterocycles. The van der Waals surface area contributed by atoms with Crippen molar-refractivity contribution in [1.29, 1.82) is 0 Å². The van der Waals surface area contributed by atoms with Crippen molar-refractivity contribution in [2.75, 3.05) is 31.7 Å². The van der Waals surface area contributed by atoms with Crippen LogP contribution >= 0.6 is 12.4 Å². The highest BCUT2D eigenvalue weighted by Crippen LogP contribution is 2.35. The minimum atomic E-state index is -0.0258. The number of benzene rings is 2. The molecular formula is C23H25ClN2O3. The fraction of sp³-hybridized carbons (Fsp3) is 0.304. The summed E-state index contributed by atoms with van der Waals surface area (Å²) >= 11 is 0. The van der Waals surface area contributed by atoms with Crippen LogP contribution in [0.15, 0.2) is 48.7 Å². The highest BCUT2D eigenvalue weighted by molar-refractivity contribution is 6.16. The van der Waals surface area contributed by atoms with Gasteiger partial charge < -0.3 is 14.4 Å². The molecule has 0 aliphatic carbocycles. The van der Waals surface area contributed by atoms with Gasteiger partial charge in [-0.3, -0.25) is 9.78 Å². The second-order valence-corrected chi connectivity index (χ2v) is 6.88.